The molecule has 0 radical (unpaired) electrons. The normalized spacial score (nSPS) is 15.0. The number of aryl methyl sites for hydroxylation is 3. The number of hydrogen-bond donors (Lipinski definition) is 0. The number of unbranched alkanes of at least 4 members (excludes halogenated alkanes) is 1. The molecule has 8 rings (SSSR count). The topological polar surface area (TPSA) is 7.76 Å². The zero-order chi connectivity index (χ0) is 36.0. The van der Waals surface area contributed by atoms with Gasteiger partial charge in [0.1, 0.15) is 0 Å². The van der Waals surface area contributed by atoms with Gasteiger partial charge in [-0.05, 0) is 114 Å². The summed E-state index contributed by atoms with van der Waals surface area (Å²) in [5.74, 6) is 0. The van der Waals surface area contributed by atoms with Crippen molar-refractivity contribution in [2.24, 2.45) is 0 Å². The number of aromatic nitrogens is 2. The largest absolute Gasteiger partial charge is 0.354 e. The molecule has 5 aromatic carbocycles. The van der Waals surface area contributed by atoms with Gasteiger partial charge in [-0.2, -0.15) is 4.57 Å². The van der Waals surface area contributed by atoms with E-state index in [9.17, 15) is 0 Å². The third-order valence-corrected chi connectivity index (χ3v) is 11.7. The second-order valence-corrected chi connectivity index (χ2v) is 15.3. The molecule has 1 aliphatic heterocycles. The molecule has 0 aliphatic carbocycles. The van der Waals surface area contributed by atoms with Crippen molar-refractivity contribution in [3.05, 3.63) is 174 Å². The van der Waals surface area contributed by atoms with Crippen molar-refractivity contribution >= 4 is 50.5 Å². The average Bonchev–Trinajstić information content (AvgIpc) is 3.46. The van der Waals surface area contributed by atoms with E-state index in [1.54, 1.807) is 0 Å². The lowest BCUT2D eigenvalue weighted by molar-refractivity contribution is -0.715. The van der Waals surface area contributed by atoms with E-state index in [0.717, 1.165) is 12.8 Å². The predicted octanol–water partition coefficient (Wildman–Crippen LogP) is 12.4. The maximum Gasteiger partial charge on any atom is 0.354 e. The number of fused-ring (bicyclic) bond motifs is 7. The highest BCUT2D eigenvalue weighted by Crippen LogP contribution is 2.50. The van der Waals surface area contributed by atoms with Crippen molar-refractivity contribution < 1.29 is 7.35 Å². The molecule has 0 saturated carbocycles. The summed E-state index contributed by atoms with van der Waals surface area (Å²) < 4.78 is 4.81. The highest BCUT2D eigenvalue weighted by Gasteiger charge is 2.54. The number of nitrogens with zero attached hydrogens (tertiary/aromatic N) is 2. The Balaban J connectivity index is 1.44. The molecule has 0 spiro atoms. The molecular formula is C49H45IN2+2. The Morgan fingerprint density at radius 1 is 0.769 bits per heavy atom. The van der Waals surface area contributed by atoms with Crippen LogP contribution >= 0.6 is 22.9 Å². The number of halogens is 1. The first-order valence-electron chi connectivity index (χ1n) is 18.6. The van der Waals surface area contributed by atoms with Crippen molar-refractivity contribution in [1.82, 2.24) is 0 Å². The fraction of sp³-hybridized carbons (Fsp3) is 0.184. The number of pyridine rings is 2. The fourth-order valence-electron chi connectivity index (χ4n) is 8.55. The molecule has 1 aliphatic rings. The monoisotopic (exact) mass is 788 g/mol. The molecule has 3 heterocycles. The zero-order valence-corrected chi connectivity index (χ0v) is 32.7. The molecule has 2 aromatic heterocycles. The van der Waals surface area contributed by atoms with Gasteiger partial charge < -0.3 is 0 Å². The first-order chi connectivity index (χ1) is 25.4. The van der Waals surface area contributed by atoms with E-state index in [-0.39, 0.29) is 0 Å². The minimum absolute atomic E-state index is 0.646. The smallest absolute Gasteiger partial charge is 0.180 e. The van der Waals surface area contributed by atoms with Crippen molar-refractivity contribution in [3.63, 3.8) is 0 Å². The third kappa shape index (κ3) is 5.61. The molecule has 1 atom stereocenters. The molecule has 256 valence electrons. The van der Waals surface area contributed by atoms with Crippen LogP contribution in [0, 0.1) is 13.8 Å². The Hall–Kier alpha value is -4.87. The molecule has 1 unspecified atom stereocenters. The van der Waals surface area contributed by atoms with Gasteiger partial charge in [-0.25, -0.2) is 0 Å². The summed E-state index contributed by atoms with van der Waals surface area (Å²) in [5, 5.41) is 5.07. The zero-order valence-electron chi connectivity index (χ0n) is 30.6. The first-order valence-corrected chi connectivity index (χ1v) is 19.6. The summed E-state index contributed by atoms with van der Waals surface area (Å²) in [5.41, 5.74) is 14.3. The van der Waals surface area contributed by atoms with Crippen LogP contribution in [0.4, 0.5) is 0 Å². The molecule has 0 bridgehead atoms. The SMILES string of the molecule is C=CC1(c2ccc(-c3cccc(/C=C\CC)c3)cc2-c2ccc(CCCC)c[n+]2I)c2c(C)cc(C)cc2-c2c3ccc4ccccc4c3cc[n+]21. The van der Waals surface area contributed by atoms with Gasteiger partial charge in [-0.15, -0.1) is 2.78 Å². The van der Waals surface area contributed by atoms with Gasteiger partial charge in [0.2, 0.25) is 16.9 Å². The van der Waals surface area contributed by atoms with Gasteiger partial charge in [0.05, 0.1) is 16.5 Å². The highest BCUT2D eigenvalue weighted by atomic mass is 127. The summed E-state index contributed by atoms with van der Waals surface area (Å²) in [4.78, 5) is 0. The third-order valence-electron chi connectivity index (χ3n) is 10.9. The van der Waals surface area contributed by atoms with Gasteiger partial charge in [0, 0.05) is 34.2 Å². The molecule has 0 amide bonds. The summed E-state index contributed by atoms with van der Waals surface area (Å²) in [6.45, 7) is 13.6. The van der Waals surface area contributed by atoms with E-state index in [1.807, 2.05) is 0 Å². The molecule has 0 N–H and O–H groups in total. The molecule has 2 nitrogen and oxygen atoms in total. The first kappa shape index (κ1) is 34.2. The number of rotatable bonds is 9. The van der Waals surface area contributed by atoms with E-state index in [4.69, 9.17) is 0 Å². The molecule has 7 aromatic rings. The Morgan fingerprint density at radius 2 is 1.62 bits per heavy atom. The van der Waals surface area contributed by atoms with Crippen LogP contribution in [-0.2, 0) is 12.0 Å². The van der Waals surface area contributed by atoms with Crippen LogP contribution in [0.2, 0.25) is 0 Å². The Morgan fingerprint density at radius 3 is 2.42 bits per heavy atom. The molecule has 0 fully saturated rings. The highest BCUT2D eigenvalue weighted by molar-refractivity contribution is 14.1. The van der Waals surface area contributed by atoms with Gasteiger partial charge in [0.15, 0.2) is 12.4 Å². The van der Waals surface area contributed by atoms with E-state index in [1.165, 1.54) is 101 Å². The molecular weight excluding hydrogens is 743 g/mol. The van der Waals surface area contributed by atoms with Crippen LogP contribution in [-0.4, -0.2) is 0 Å². The second-order valence-electron chi connectivity index (χ2n) is 14.3. The molecule has 52 heavy (non-hydrogen) atoms. The molecule has 0 saturated heterocycles. The van der Waals surface area contributed by atoms with Crippen molar-refractivity contribution in [3.8, 4) is 33.6 Å². The lowest BCUT2D eigenvalue weighted by Crippen LogP contribution is -2.54. The van der Waals surface area contributed by atoms with Gasteiger partial charge >= 0.3 is 22.9 Å². The van der Waals surface area contributed by atoms with E-state index in [2.05, 4.69) is 204 Å². The predicted molar refractivity (Wildman–Crippen MR) is 228 cm³/mol. The number of allylic oxidation sites excluding steroid dienone is 2. The van der Waals surface area contributed by atoms with Crippen LogP contribution in [0.25, 0.3) is 61.3 Å². The average molecular weight is 789 g/mol. The van der Waals surface area contributed by atoms with Crippen LogP contribution in [0.15, 0.2) is 140 Å². The van der Waals surface area contributed by atoms with E-state index in [0.29, 0.717) is 0 Å². The second kappa shape index (κ2) is 13.9. The van der Waals surface area contributed by atoms with Crippen LogP contribution in [0.5, 0.6) is 0 Å². The van der Waals surface area contributed by atoms with E-state index >= 15 is 0 Å². The summed E-state index contributed by atoms with van der Waals surface area (Å²) in [7, 11) is 0. The lowest BCUT2D eigenvalue weighted by atomic mass is 9.77. The Kier molecular flexibility index (Phi) is 9.17. The summed E-state index contributed by atoms with van der Waals surface area (Å²) in [6, 6.07) is 41.0. The van der Waals surface area contributed by atoms with Gasteiger partial charge in [-0.1, -0.05) is 99.7 Å². The summed E-state index contributed by atoms with van der Waals surface area (Å²) in [6.07, 6.45) is 15.7. The summed E-state index contributed by atoms with van der Waals surface area (Å²) >= 11 is 2.49. The van der Waals surface area contributed by atoms with Crippen molar-refractivity contribution in [2.75, 3.05) is 0 Å². The quantitative estimate of drug-likeness (QED) is 0.0596. The number of hydrogen-bond acceptors (Lipinski definition) is 0. The van der Waals surface area contributed by atoms with Crippen molar-refractivity contribution in [2.45, 2.75) is 58.9 Å². The number of benzene rings is 5. The Bertz CT molecular complexity index is 2560. The van der Waals surface area contributed by atoms with Crippen LogP contribution < -0.4 is 7.35 Å². The van der Waals surface area contributed by atoms with E-state index < -0.39 is 5.54 Å². The molecule has 3 heteroatoms. The minimum Gasteiger partial charge on any atom is -0.180 e. The minimum atomic E-state index is -0.646. The Labute approximate surface area is 322 Å². The fourth-order valence-corrected chi connectivity index (χ4v) is 9.33. The van der Waals surface area contributed by atoms with Gasteiger partial charge in [-0.3, -0.25) is 0 Å². The van der Waals surface area contributed by atoms with Crippen LogP contribution in [0.3, 0.4) is 0 Å². The van der Waals surface area contributed by atoms with Crippen LogP contribution in [0.1, 0.15) is 66.5 Å². The van der Waals surface area contributed by atoms with Gasteiger partial charge in [0.25, 0.3) is 0 Å². The maximum absolute atomic E-state index is 4.67. The maximum atomic E-state index is 4.67. The van der Waals surface area contributed by atoms with Crippen molar-refractivity contribution in [1.29, 1.82) is 0 Å². The standard InChI is InChI=1S/C49H45IN2/c1-6-9-14-35-16-13-18-38(30-35)39-22-24-45(43(31-39)46-25-20-36(15-10-7-2)32-52(46)50)49(8-3)47-34(5)28-33(4)29-44(47)48-42-23-21-37-17-11-12-19-40(37)41(42)26-27-51(48)49/h8-9,11-14,16-32H,3,6-7,10,15H2,1-2,4-5H3/q+2/b14-9-. The lowest BCUT2D eigenvalue weighted by Gasteiger charge is -2.26.